The van der Waals surface area contributed by atoms with Crippen LogP contribution in [0.15, 0.2) is 23.3 Å². The smallest absolute Gasteiger partial charge is 0.341 e. The van der Waals surface area contributed by atoms with E-state index in [9.17, 15) is 19.1 Å². The molecule has 1 saturated heterocycles. The van der Waals surface area contributed by atoms with Gasteiger partial charge in [0.1, 0.15) is 11.4 Å². The maximum Gasteiger partial charge on any atom is 0.341 e. The zero-order valence-corrected chi connectivity index (χ0v) is 14.9. The summed E-state index contributed by atoms with van der Waals surface area (Å²) in [6, 6.07) is 1.79. The van der Waals surface area contributed by atoms with E-state index < -0.39 is 22.1 Å². The molecule has 0 aromatic carbocycles. The lowest BCUT2D eigenvalue weighted by molar-refractivity contribution is 0.0695. The lowest BCUT2D eigenvalue weighted by Gasteiger charge is -2.38. The van der Waals surface area contributed by atoms with Crippen LogP contribution in [0.4, 0.5) is 10.2 Å². The summed E-state index contributed by atoms with van der Waals surface area (Å²) in [4.78, 5) is 34.8. The molecule has 7 nitrogen and oxygen atoms in total. The molecule has 3 aromatic rings. The van der Waals surface area contributed by atoms with Crippen molar-refractivity contribution in [3.05, 3.63) is 44.9 Å². The van der Waals surface area contributed by atoms with Gasteiger partial charge < -0.3 is 10.0 Å². The zero-order valence-electron chi connectivity index (χ0n) is 14.1. The van der Waals surface area contributed by atoms with Gasteiger partial charge in [0.2, 0.25) is 5.43 Å². The Labute approximate surface area is 151 Å². The second-order valence-corrected chi connectivity index (χ2v) is 7.46. The molecule has 26 heavy (non-hydrogen) atoms. The number of pyridine rings is 2. The average Bonchev–Trinajstić information content (AvgIpc) is 2.97. The molecule has 1 aliphatic rings. The molecule has 0 atom stereocenters. The fourth-order valence-electron chi connectivity index (χ4n) is 3.18. The third-order valence-corrected chi connectivity index (χ3v) is 5.22. The summed E-state index contributed by atoms with van der Waals surface area (Å²) in [5, 5.41) is 9.30. The number of aromatic nitrogens is 3. The highest BCUT2D eigenvalue weighted by Gasteiger charge is 2.26. The number of thiazole rings is 1. The van der Waals surface area contributed by atoms with E-state index in [0.29, 0.717) is 17.3 Å². The predicted molar refractivity (Wildman–Crippen MR) is 96.0 cm³/mol. The first-order valence-corrected chi connectivity index (χ1v) is 8.83. The molecule has 0 bridgehead atoms. The van der Waals surface area contributed by atoms with Crippen LogP contribution in [-0.4, -0.2) is 38.7 Å². The first kappa shape index (κ1) is 16.6. The van der Waals surface area contributed by atoms with Gasteiger partial charge in [-0.3, -0.25) is 9.36 Å². The number of carbonyl (C=O) groups is 1. The molecule has 0 aliphatic carbocycles. The number of aryl methyl sites for hydroxylation is 1. The number of carboxylic acid groups (broad SMARTS) is 1. The van der Waals surface area contributed by atoms with Gasteiger partial charge >= 0.3 is 5.97 Å². The van der Waals surface area contributed by atoms with Gasteiger partial charge in [0, 0.05) is 19.3 Å². The van der Waals surface area contributed by atoms with Crippen LogP contribution < -0.4 is 10.3 Å². The zero-order chi connectivity index (χ0) is 18.6. The Kier molecular flexibility index (Phi) is 3.76. The maximum atomic E-state index is 13.5. The molecule has 1 N–H and O–H groups in total. The third-order valence-electron chi connectivity index (χ3n) is 4.43. The van der Waals surface area contributed by atoms with Crippen molar-refractivity contribution in [3.63, 3.8) is 0 Å². The minimum atomic E-state index is -1.34. The van der Waals surface area contributed by atoms with Crippen LogP contribution in [0.1, 0.15) is 22.8 Å². The molecule has 1 aliphatic heterocycles. The topological polar surface area (TPSA) is 88.3 Å². The Morgan fingerprint density at radius 2 is 2.15 bits per heavy atom. The van der Waals surface area contributed by atoms with Gasteiger partial charge in [-0.05, 0) is 24.5 Å². The summed E-state index contributed by atoms with van der Waals surface area (Å²) < 4.78 is 14.9. The molecule has 134 valence electrons. The van der Waals surface area contributed by atoms with Gasteiger partial charge in [0.05, 0.1) is 11.6 Å². The number of rotatable bonds is 3. The van der Waals surface area contributed by atoms with Gasteiger partial charge in [-0.25, -0.2) is 14.8 Å². The highest BCUT2D eigenvalue weighted by Crippen LogP contribution is 2.28. The summed E-state index contributed by atoms with van der Waals surface area (Å²) >= 11 is 0.759. The monoisotopic (exact) mass is 374 g/mol. The molecular weight excluding hydrogens is 359 g/mol. The van der Waals surface area contributed by atoms with Gasteiger partial charge in [-0.1, -0.05) is 18.3 Å². The number of nitrogens with zero attached hydrogens (tertiary/aromatic N) is 4. The molecular formula is C17H15FN4O3S. The van der Waals surface area contributed by atoms with E-state index in [4.69, 9.17) is 0 Å². The number of hydrogen-bond acceptors (Lipinski definition) is 6. The van der Waals surface area contributed by atoms with E-state index in [1.165, 1.54) is 10.8 Å². The number of anilines is 1. The standard InChI is InChI=1S/C17H15FN4O3S/c1-8-5-21(6-8)12-3-9(2)13-14(23)10(16(24)25)7-22(15(13)20-12)17-19-4-11(18)26-17/h3-4,7-8H,5-6H2,1-2H3,(H,24,25). The van der Waals surface area contributed by atoms with Crippen molar-refractivity contribution in [1.82, 2.24) is 14.5 Å². The molecule has 0 saturated carbocycles. The number of hydrogen-bond donors (Lipinski definition) is 1. The van der Waals surface area contributed by atoms with E-state index in [1.54, 1.807) is 13.0 Å². The normalized spacial score (nSPS) is 14.7. The molecule has 0 amide bonds. The van der Waals surface area contributed by atoms with Crippen LogP contribution >= 0.6 is 11.3 Å². The van der Waals surface area contributed by atoms with Crippen molar-refractivity contribution < 1.29 is 14.3 Å². The SMILES string of the molecule is Cc1cc(N2CC(C)C2)nc2c1c(=O)c(C(=O)O)cn2-c1ncc(F)s1. The summed E-state index contributed by atoms with van der Waals surface area (Å²) in [6.07, 6.45) is 2.22. The van der Waals surface area contributed by atoms with E-state index in [2.05, 4.69) is 21.8 Å². The van der Waals surface area contributed by atoms with E-state index in [0.717, 1.165) is 30.6 Å². The Hall–Kier alpha value is -2.81. The number of fused-ring (bicyclic) bond motifs is 1. The molecule has 0 unspecified atom stereocenters. The molecule has 3 aromatic heterocycles. The van der Waals surface area contributed by atoms with Gasteiger partial charge in [-0.2, -0.15) is 4.39 Å². The minimum Gasteiger partial charge on any atom is -0.477 e. The van der Waals surface area contributed by atoms with Crippen molar-refractivity contribution in [1.29, 1.82) is 0 Å². The van der Waals surface area contributed by atoms with E-state index in [1.807, 2.05) is 0 Å². The van der Waals surface area contributed by atoms with Gasteiger partial charge in [-0.15, -0.1) is 0 Å². The van der Waals surface area contributed by atoms with Crippen molar-refractivity contribution in [2.24, 2.45) is 5.92 Å². The Bertz CT molecular complexity index is 1100. The van der Waals surface area contributed by atoms with Gasteiger partial charge in [0.15, 0.2) is 15.9 Å². The van der Waals surface area contributed by atoms with E-state index in [-0.39, 0.29) is 16.2 Å². The molecule has 0 radical (unpaired) electrons. The Balaban J connectivity index is 2.04. The fraction of sp³-hybridized carbons (Fsp3) is 0.294. The van der Waals surface area contributed by atoms with Crippen LogP contribution in [0, 0.1) is 18.0 Å². The second kappa shape index (κ2) is 5.87. The third kappa shape index (κ3) is 2.55. The van der Waals surface area contributed by atoms with Crippen LogP contribution in [0.5, 0.6) is 0 Å². The van der Waals surface area contributed by atoms with Crippen LogP contribution in [0.3, 0.4) is 0 Å². The van der Waals surface area contributed by atoms with Crippen molar-refractivity contribution in [2.45, 2.75) is 13.8 Å². The quantitative estimate of drug-likeness (QED) is 0.758. The van der Waals surface area contributed by atoms with E-state index >= 15 is 0 Å². The first-order chi connectivity index (χ1) is 12.3. The lowest BCUT2D eigenvalue weighted by Crippen LogP contribution is -2.45. The Morgan fingerprint density at radius 1 is 1.42 bits per heavy atom. The van der Waals surface area contributed by atoms with Crippen LogP contribution in [-0.2, 0) is 0 Å². The molecule has 9 heteroatoms. The number of aromatic carboxylic acids is 1. The summed E-state index contributed by atoms with van der Waals surface area (Å²) in [5.74, 6) is -0.0680. The van der Waals surface area contributed by atoms with Crippen molar-refractivity contribution in [3.8, 4) is 5.13 Å². The van der Waals surface area contributed by atoms with Crippen LogP contribution in [0.25, 0.3) is 16.2 Å². The summed E-state index contributed by atoms with van der Waals surface area (Å²) in [5.41, 5.74) is -0.0926. The maximum absolute atomic E-state index is 13.5. The lowest BCUT2D eigenvalue weighted by atomic mass is 10.0. The molecule has 4 rings (SSSR count). The second-order valence-electron chi connectivity index (χ2n) is 6.50. The van der Waals surface area contributed by atoms with Crippen LogP contribution in [0.2, 0.25) is 0 Å². The average molecular weight is 374 g/mol. The number of halogens is 1. The molecule has 1 fully saturated rings. The summed E-state index contributed by atoms with van der Waals surface area (Å²) in [7, 11) is 0. The highest BCUT2D eigenvalue weighted by atomic mass is 32.1. The predicted octanol–water partition coefficient (Wildman–Crippen LogP) is 2.44. The fourth-order valence-corrected chi connectivity index (χ4v) is 3.80. The Morgan fingerprint density at radius 3 is 2.73 bits per heavy atom. The summed E-state index contributed by atoms with van der Waals surface area (Å²) in [6.45, 7) is 5.61. The first-order valence-electron chi connectivity index (χ1n) is 8.02. The highest BCUT2D eigenvalue weighted by molar-refractivity contribution is 7.12. The number of carboxylic acids is 1. The van der Waals surface area contributed by atoms with Crippen molar-refractivity contribution >= 4 is 34.2 Å². The van der Waals surface area contributed by atoms with Crippen molar-refractivity contribution in [2.75, 3.05) is 18.0 Å². The minimum absolute atomic E-state index is 0.206. The largest absolute Gasteiger partial charge is 0.477 e. The molecule has 0 spiro atoms. The molecule has 4 heterocycles. The van der Waals surface area contributed by atoms with Gasteiger partial charge in [0.25, 0.3) is 0 Å².